The molecule has 1 aliphatic heterocycles. The molecule has 0 radical (unpaired) electrons. The number of rotatable bonds is 10. The predicted octanol–water partition coefficient (Wildman–Crippen LogP) is 2.83. The van der Waals surface area contributed by atoms with Crippen LogP contribution in [0.5, 0.6) is 0 Å². The molecule has 0 aliphatic carbocycles. The minimum absolute atomic E-state index is 0.0223. The molecule has 0 aromatic heterocycles. The summed E-state index contributed by atoms with van der Waals surface area (Å²) in [6.45, 7) is 5.80. The minimum Gasteiger partial charge on any atom is -0.479 e. The van der Waals surface area contributed by atoms with Gasteiger partial charge in [-0.3, -0.25) is 4.79 Å². The van der Waals surface area contributed by atoms with Crippen molar-refractivity contribution in [2.45, 2.75) is 77.4 Å². The maximum Gasteiger partial charge on any atom is 0.332 e. The van der Waals surface area contributed by atoms with Gasteiger partial charge in [-0.1, -0.05) is 39.5 Å². The second kappa shape index (κ2) is 9.77. The van der Waals surface area contributed by atoms with E-state index in [9.17, 15) is 9.59 Å². The molecule has 1 saturated heterocycles. The highest BCUT2D eigenvalue weighted by Gasteiger charge is 2.36. The molecule has 0 saturated carbocycles. The summed E-state index contributed by atoms with van der Waals surface area (Å²) in [7, 11) is 0. The number of ether oxygens (including phenoxy) is 1. The van der Waals surface area contributed by atoms with Gasteiger partial charge in [0.05, 0.1) is 0 Å². The maximum absolute atomic E-state index is 12.5. The Bertz CT molecular complexity index is 322. The van der Waals surface area contributed by atoms with Gasteiger partial charge in [-0.2, -0.15) is 0 Å². The summed E-state index contributed by atoms with van der Waals surface area (Å²) < 4.78 is 5.39. The molecule has 5 heteroatoms. The van der Waals surface area contributed by atoms with Crippen molar-refractivity contribution in [1.29, 1.82) is 0 Å². The first-order valence-electron chi connectivity index (χ1n) is 8.27. The zero-order valence-corrected chi connectivity index (χ0v) is 13.3. The summed E-state index contributed by atoms with van der Waals surface area (Å²) >= 11 is 0. The Hall–Kier alpha value is -1.10. The van der Waals surface area contributed by atoms with Gasteiger partial charge in [-0.25, -0.2) is 4.79 Å². The van der Waals surface area contributed by atoms with Gasteiger partial charge in [-0.05, 0) is 25.7 Å². The van der Waals surface area contributed by atoms with E-state index >= 15 is 0 Å². The van der Waals surface area contributed by atoms with Crippen molar-refractivity contribution in [2.75, 3.05) is 13.1 Å². The van der Waals surface area contributed by atoms with Gasteiger partial charge in [0.25, 0.3) is 5.91 Å². The van der Waals surface area contributed by atoms with Crippen LogP contribution in [0.4, 0.5) is 0 Å². The van der Waals surface area contributed by atoms with Crippen LogP contribution in [0.3, 0.4) is 0 Å². The second-order valence-corrected chi connectivity index (χ2v) is 5.77. The van der Waals surface area contributed by atoms with E-state index in [4.69, 9.17) is 9.84 Å². The number of hydrogen-bond donors (Lipinski definition) is 1. The van der Waals surface area contributed by atoms with Crippen LogP contribution >= 0.6 is 0 Å². The van der Waals surface area contributed by atoms with Crippen molar-refractivity contribution in [1.82, 2.24) is 4.90 Å². The second-order valence-electron chi connectivity index (χ2n) is 5.77. The molecule has 2 atom stereocenters. The number of nitrogens with zero attached hydrogens (tertiary/aromatic N) is 1. The van der Waals surface area contributed by atoms with Crippen molar-refractivity contribution in [3.63, 3.8) is 0 Å². The molecule has 0 aromatic rings. The summed E-state index contributed by atoms with van der Waals surface area (Å²) in [6, 6.07) is 0. The summed E-state index contributed by atoms with van der Waals surface area (Å²) in [4.78, 5) is 25.3. The molecule has 1 fully saturated rings. The summed E-state index contributed by atoms with van der Waals surface area (Å²) in [5.74, 6) is -0.986. The van der Waals surface area contributed by atoms with Crippen LogP contribution in [0, 0.1) is 0 Å². The van der Waals surface area contributed by atoms with Crippen LogP contribution < -0.4 is 0 Å². The summed E-state index contributed by atoms with van der Waals surface area (Å²) in [5, 5.41) is 8.95. The average Bonchev–Trinajstić information content (AvgIpc) is 2.95. The van der Waals surface area contributed by atoms with E-state index in [1.165, 1.54) is 0 Å². The van der Waals surface area contributed by atoms with Gasteiger partial charge < -0.3 is 14.7 Å². The number of unbranched alkanes of at least 4 members (excludes halogenated alkanes) is 4. The molecule has 5 nitrogen and oxygen atoms in total. The van der Waals surface area contributed by atoms with E-state index in [0.29, 0.717) is 12.8 Å². The van der Waals surface area contributed by atoms with Gasteiger partial charge in [0.15, 0.2) is 6.10 Å². The van der Waals surface area contributed by atoms with Crippen molar-refractivity contribution < 1.29 is 19.4 Å². The molecule has 1 aliphatic rings. The molecule has 122 valence electrons. The fourth-order valence-corrected chi connectivity index (χ4v) is 2.64. The first-order chi connectivity index (χ1) is 10.1. The quantitative estimate of drug-likeness (QED) is 0.630. The fourth-order valence-electron chi connectivity index (χ4n) is 2.64. The van der Waals surface area contributed by atoms with E-state index in [0.717, 1.165) is 51.6 Å². The molecular weight excluding hydrogens is 270 g/mol. The zero-order valence-electron chi connectivity index (χ0n) is 13.3. The standard InChI is InChI=1S/C16H29NO4/c1-3-5-7-11-17(12-8-6-4-2)15(18)13-9-10-14(21-13)16(19)20/h13-14H,3-12H2,1-2H3,(H,19,20). The van der Waals surface area contributed by atoms with Crippen LogP contribution in [0.1, 0.15) is 65.2 Å². The fraction of sp³-hybridized carbons (Fsp3) is 0.875. The number of carboxylic acid groups (broad SMARTS) is 1. The van der Waals surface area contributed by atoms with E-state index < -0.39 is 18.2 Å². The summed E-state index contributed by atoms with van der Waals surface area (Å²) in [5.41, 5.74) is 0. The van der Waals surface area contributed by atoms with E-state index in [1.807, 2.05) is 4.90 Å². The molecule has 1 amide bonds. The number of carboxylic acids is 1. The Labute approximate surface area is 127 Å². The number of hydrogen-bond acceptors (Lipinski definition) is 3. The van der Waals surface area contributed by atoms with Crippen LogP contribution in [-0.2, 0) is 14.3 Å². The Morgan fingerprint density at radius 3 is 1.95 bits per heavy atom. The summed E-state index contributed by atoms with van der Waals surface area (Å²) in [6.07, 6.45) is 6.06. The minimum atomic E-state index is -0.964. The number of carbonyl (C=O) groups is 2. The first-order valence-corrected chi connectivity index (χ1v) is 8.27. The predicted molar refractivity (Wildman–Crippen MR) is 81.2 cm³/mol. The lowest BCUT2D eigenvalue weighted by atomic mass is 10.1. The number of aliphatic carboxylic acids is 1. The monoisotopic (exact) mass is 299 g/mol. The van der Waals surface area contributed by atoms with Gasteiger partial charge in [-0.15, -0.1) is 0 Å². The number of carbonyl (C=O) groups excluding carboxylic acids is 1. The molecule has 1 rings (SSSR count). The lowest BCUT2D eigenvalue weighted by Crippen LogP contribution is -2.41. The number of amides is 1. The van der Waals surface area contributed by atoms with Crippen LogP contribution in [-0.4, -0.2) is 47.2 Å². The molecule has 0 spiro atoms. The highest BCUT2D eigenvalue weighted by atomic mass is 16.5. The third kappa shape index (κ3) is 6.04. The third-order valence-corrected chi connectivity index (χ3v) is 3.95. The highest BCUT2D eigenvalue weighted by Crippen LogP contribution is 2.22. The van der Waals surface area contributed by atoms with E-state index in [2.05, 4.69) is 13.8 Å². The Morgan fingerprint density at radius 1 is 1.00 bits per heavy atom. The van der Waals surface area contributed by atoms with Crippen molar-refractivity contribution in [3.05, 3.63) is 0 Å². The SMILES string of the molecule is CCCCCN(CCCCC)C(=O)C1CCC(C(=O)O)O1. The van der Waals surface area contributed by atoms with Gasteiger partial charge in [0, 0.05) is 13.1 Å². The van der Waals surface area contributed by atoms with Gasteiger partial charge in [0.2, 0.25) is 0 Å². The molecule has 1 heterocycles. The molecular formula is C16H29NO4. The highest BCUT2D eigenvalue weighted by molar-refractivity contribution is 5.82. The average molecular weight is 299 g/mol. The van der Waals surface area contributed by atoms with Gasteiger partial charge in [0.1, 0.15) is 6.10 Å². The van der Waals surface area contributed by atoms with Crippen LogP contribution in [0.15, 0.2) is 0 Å². The van der Waals surface area contributed by atoms with Gasteiger partial charge >= 0.3 is 5.97 Å². The van der Waals surface area contributed by atoms with Crippen LogP contribution in [0.2, 0.25) is 0 Å². The lowest BCUT2D eigenvalue weighted by molar-refractivity contribution is -0.154. The Morgan fingerprint density at radius 2 is 1.52 bits per heavy atom. The lowest BCUT2D eigenvalue weighted by Gasteiger charge is -2.25. The topological polar surface area (TPSA) is 66.8 Å². The van der Waals surface area contributed by atoms with Crippen LogP contribution in [0.25, 0.3) is 0 Å². The Kier molecular flexibility index (Phi) is 8.35. The largest absolute Gasteiger partial charge is 0.479 e. The first kappa shape index (κ1) is 18.0. The molecule has 0 aromatic carbocycles. The maximum atomic E-state index is 12.5. The smallest absolute Gasteiger partial charge is 0.332 e. The zero-order chi connectivity index (χ0) is 15.7. The molecule has 0 bridgehead atoms. The van der Waals surface area contributed by atoms with Crippen molar-refractivity contribution in [3.8, 4) is 0 Å². The van der Waals surface area contributed by atoms with Crippen molar-refractivity contribution in [2.24, 2.45) is 0 Å². The normalized spacial score (nSPS) is 21.4. The molecule has 1 N–H and O–H groups in total. The van der Waals surface area contributed by atoms with E-state index in [-0.39, 0.29) is 5.91 Å². The molecule has 21 heavy (non-hydrogen) atoms. The van der Waals surface area contributed by atoms with E-state index in [1.54, 1.807) is 0 Å². The third-order valence-electron chi connectivity index (χ3n) is 3.95. The Balaban J connectivity index is 2.50. The molecule has 2 unspecified atom stereocenters. The van der Waals surface area contributed by atoms with Crippen molar-refractivity contribution >= 4 is 11.9 Å².